The number of hydrogen-bond acceptors (Lipinski definition) is 3. The Bertz CT molecular complexity index is 618. The molecule has 2 rings (SSSR count). The third kappa shape index (κ3) is 6.34. The fourth-order valence-corrected chi connectivity index (χ4v) is 2.98. The number of ether oxygens (including phenoxy) is 1. The number of hydrogen-bond donors (Lipinski definition) is 2. The predicted octanol–water partition coefficient (Wildman–Crippen LogP) is 4.39. The van der Waals surface area contributed by atoms with Crippen molar-refractivity contribution >= 4 is 5.97 Å². The summed E-state index contributed by atoms with van der Waals surface area (Å²) in [5.41, 5.74) is 0.935. The van der Waals surface area contributed by atoms with Crippen molar-refractivity contribution in [3.63, 3.8) is 0 Å². The van der Waals surface area contributed by atoms with E-state index in [1.165, 1.54) is 0 Å². The highest BCUT2D eigenvalue weighted by molar-refractivity contribution is 5.70. The maximum absolute atomic E-state index is 12.8. The maximum atomic E-state index is 12.8. The molecule has 1 fully saturated rings. The molecule has 152 valence electrons. The number of benzene rings is 1. The van der Waals surface area contributed by atoms with Gasteiger partial charge in [-0.25, -0.2) is 0 Å². The van der Waals surface area contributed by atoms with Crippen LogP contribution in [0, 0.1) is 5.92 Å². The first-order valence-electron chi connectivity index (χ1n) is 8.71. The van der Waals surface area contributed by atoms with E-state index in [1.807, 2.05) is 0 Å². The van der Waals surface area contributed by atoms with Crippen molar-refractivity contribution in [2.75, 3.05) is 6.61 Å². The summed E-state index contributed by atoms with van der Waals surface area (Å²) in [7, 11) is 0. The molecule has 1 aliphatic carbocycles. The standard InChI is InChI=1S/C18H22F5NO3/c19-17(20,18(21,22)23)8-1-9-27-15-6-2-12(3-7-15)11-24-14-5-4-13(10-14)16(25)26/h2-3,6-7,13-14,24H,1,4-5,8-11H2,(H,25,26). The van der Waals surface area contributed by atoms with Crippen molar-refractivity contribution in [1.82, 2.24) is 5.32 Å². The highest BCUT2D eigenvalue weighted by Gasteiger charge is 2.56. The zero-order valence-corrected chi connectivity index (χ0v) is 14.6. The summed E-state index contributed by atoms with van der Waals surface area (Å²) in [6.45, 7) is 0.316. The van der Waals surface area contributed by atoms with E-state index in [0.717, 1.165) is 12.0 Å². The van der Waals surface area contributed by atoms with Gasteiger partial charge in [-0.1, -0.05) is 12.1 Å². The monoisotopic (exact) mass is 395 g/mol. The Labute approximate surface area is 153 Å². The van der Waals surface area contributed by atoms with Gasteiger partial charge < -0.3 is 15.2 Å². The lowest BCUT2D eigenvalue weighted by Crippen LogP contribution is -2.36. The van der Waals surface area contributed by atoms with E-state index < -0.39 is 30.9 Å². The van der Waals surface area contributed by atoms with Crippen molar-refractivity contribution in [2.24, 2.45) is 5.92 Å². The predicted molar refractivity (Wildman–Crippen MR) is 87.8 cm³/mol. The van der Waals surface area contributed by atoms with E-state index in [4.69, 9.17) is 9.84 Å². The Balaban J connectivity index is 1.69. The van der Waals surface area contributed by atoms with Gasteiger partial charge in [-0.05, 0) is 43.4 Å². The summed E-state index contributed by atoms with van der Waals surface area (Å²) in [4.78, 5) is 10.9. The molecule has 0 aromatic heterocycles. The van der Waals surface area contributed by atoms with Crippen LogP contribution in [-0.2, 0) is 11.3 Å². The topological polar surface area (TPSA) is 58.6 Å². The van der Waals surface area contributed by atoms with Crippen LogP contribution in [-0.4, -0.2) is 35.8 Å². The molecule has 0 aliphatic heterocycles. The van der Waals surface area contributed by atoms with Crippen LogP contribution in [0.25, 0.3) is 0 Å². The second-order valence-electron chi connectivity index (χ2n) is 6.72. The minimum atomic E-state index is -5.54. The second-order valence-corrected chi connectivity index (χ2v) is 6.72. The summed E-state index contributed by atoms with van der Waals surface area (Å²) in [6, 6.07) is 6.91. The molecule has 2 N–H and O–H groups in total. The lowest BCUT2D eigenvalue weighted by molar-refractivity contribution is -0.284. The molecule has 0 spiro atoms. The van der Waals surface area contributed by atoms with E-state index in [9.17, 15) is 26.7 Å². The van der Waals surface area contributed by atoms with Gasteiger partial charge in [-0.15, -0.1) is 0 Å². The molecule has 0 radical (unpaired) electrons. The number of nitrogens with one attached hydrogen (secondary N) is 1. The fourth-order valence-electron chi connectivity index (χ4n) is 2.98. The molecule has 1 aromatic rings. The summed E-state index contributed by atoms with van der Waals surface area (Å²) in [6.07, 6.45) is -5.20. The molecule has 0 heterocycles. The molecule has 0 bridgehead atoms. The Kier molecular flexibility index (Phi) is 7.02. The van der Waals surface area contributed by atoms with Crippen molar-refractivity contribution in [3.8, 4) is 5.75 Å². The average Bonchev–Trinajstić information content (AvgIpc) is 3.06. The number of alkyl halides is 5. The molecule has 1 aromatic carbocycles. The Morgan fingerprint density at radius 3 is 2.37 bits per heavy atom. The molecule has 1 saturated carbocycles. The third-order valence-corrected chi connectivity index (χ3v) is 4.62. The van der Waals surface area contributed by atoms with Crippen molar-refractivity contribution in [3.05, 3.63) is 29.8 Å². The highest BCUT2D eigenvalue weighted by atomic mass is 19.4. The van der Waals surface area contributed by atoms with Crippen LogP contribution in [0.4, 0.5) is 22.0 Å². The first-order chi connectivity index (χ1) is 12.6. The maximum Gasteiger partial charge on any atom is 0.453 e. The highest BCUT2D eigenvalue weighted by Crippen LogP contribution is 2.38. The first-order valence-corrected chi connectivity index (χ1v) is 8.71. The van der Waals surface area contributed by atoms with E-state index in [2.05, 4.69) is 5.32 Å². The number of carboxylic acid groups (broad SMARTS) is 1. The van der Waals surface area contributed by atoms with E-state index in [1.54, 1.807) is 24.3 Å². The van der Waals surface area contributed by atoms with Gasteiger partial charge in [-0.2, -0.15) is 22.0 Å². The molecular weight excluding hydrogens is 373 g/mol. The molecule has 0 saturated heterocycles. The molecule has 1 aliphatic rings. The zero-order valence-electron chi connectivity index (χ0n) is 14.6. The number of halogens is 5. The van der Waals surface area contributed by atoms with Gasteiger partial charge in [0.2, 0.25) is 0 Å². The number of aliphatic carboxylic acids is 1. The van der Waals surface area contributed by atoms with Gasteiger partial charge in [0.25, 0.3) is 0 Å². The minimum Gasteiger partial charge on any atom is -0.494 e. The van der Waals surface area contributed by atoms with Crippen LogP contribution in [0.15, 0.2) is 24.3 Å². The molecule has 9 heteroatoms. The van der Waals surface area contributed by atoms with Gasteiger partial charge in [0, 0.05) is 19.0 Å². The normalized spacial score (nSPS) is 20.6. The molecule has 27 heavy (non-hydrogen) atoms. The van der Waals surface area contributed by atoms with Crippen molar-refractivity contribution in [1.29, 1.82) is 0 Å². The molecule has 0 amide bonds. The molecule has 2 unspecified atom stereocenters. The van der Waals surface area contributed by atoms with Crippen LogP contribution in [0.5, 0.6) is 5.75 Å². The average molecular weight is 395 g/mol. The number of rotatable bonds is 9. The largest absolute Gasteiger partial charge is 0.494 e. The van der Waals surface area contributed by atoms with E-state index >= 15 is 0 Å². The zero-order chi connectivity index (χ0) is 20.1. The van der Waals surface area contributed by atoms with Gasteiger partial charge in [0.05, 0.1) is 12.5 Å². The summed E-state index contributed by atoms with van der Waals surface area (Å²) >= 11 is 0. The van der Waals surface area contributed by atoms with Crippen LogP contribution < -0.4 is 10.1 Å². The Morgan fingerprint density at radius 2 is 1.81 bits per heavy atom. The Morgan fingerprint density at radius 1 is 1.15 bits per heavy atom. The molecule has 2 atom stereocenters. The lowest BCUT2D eigenvalue weighted by atomic mass is 10.1. The van der Waals surface area contributed by atoms with Crippen molar-refractivity contribution in [2.45, 2.75) is 56.8 Å². The molecular formula is C18H22F5NO3. The minimum absolute atomic E-state index is 0.150. The molecule has 4 nitrogen and oxygen atoms in total. The third-order valence-electron chi connectivity index (χ3n) is 4.62. The van der Waals surface area contributed by atoms with Gasteiger partial charge in [0.15, 0.2) is 0 Å². The fraction of sp³-hybridized carbons (Fsp3) is 0.611. The van der Waals surface area contributed by atoms with Gasteiger partial charge in [0.1, 0.15) is 5.75 Å². The number of carbonyl (C=O) groups is 1. The quantitative estimate of drug-likeness (QED) is 0.481. The smallest absolute Gasteiger partial charge is 0.453 e. The van der Waals surface area contributed by atoms with Crippen LogP contribution in [0.3, 0.4) is 0 Å². The second kappa shape index (κ2) is 8.86. The summed E-state index contributed by atoms with van der Waals surface area (Å²) in [5, 5.41) is 12.3. The van der Waals surface area contributed by atoms with Gasteiger partial charge >= 0.3 is 18.1 Å². The van der Waals surface area contributed by atoms with E-state index in [-0.39, 0.29) is 18.6 Å². The lowest BCUT2D eigenvalue weighted by Gasteiger charge is -2.19. The van der Waals surface area contributed by atoms with Gasteiger partial charge in [-0.3, -0.25) is 4.79 Å². The van der Waals surface area contributed by atoms with Crippen LogP contribution in [0.2, 0.25) is 0 Å². The Hall–Kier alpha value is -1.90. The van der Waals surface area contributed by atoms with Crippen molar-refractivity contribution < 1.29 is 36.6 Å². The summed E-state index contributed by atoms with van der Waals surface area (Å²) < 4.78 is 66.9. The number of carboxylic acids is 1. The SMILES string of the molecule is O=C(O)C1CCC(NCc2ccc(OCCCC(F)(F)C(F)(F)F)cc2)C1. The first kappa shape index (κ1) is 21.4. The summed E-state index contributed by atoms with van der Waals surface area (Å²) in [5.74, 6) is -5.39. The van der Waals surface area contributed by atoms with Crippen LogP contribution >= 0.6 is 0 Å². The van der Waals surface area contributed by atoms with Crippen LogP contribution in [0.1, 0.15) is 37.7 Å². The van der Waals surface area contributed by atoms with E-state index in [0.29, 0.717) is 25.1 Å².